The van der Waals surface area contributed by atoms with E-state index in [1.54, 1.807) is 6.92 Å². The first-order chi connectivity index (χ1) is 13.7. The van der Waals surface area contributed by atoms with Gasteiger partial charge in [0.1, 0.15) is 5.75 Å². The number of carbonyl (C=O) groups excluding carboxylic acids is 1. The van der Waals surface area contributed by atoms with Gasteiger partial charge in [-0.2, -0.15) is 4.98 Å². The maximum absolute atomic E-state index is 12.4. The van der Waals surface area contributed by atoms with E-state index in [0.29, 0.717) is 30.6 Å². The van der Waals surface area contributed by atoms with Crippen LogP contribution in [-0.2, 0) is 4.79 Å². The lowest BCUT2D eigenvalue weighted by Crippen LogP contribution is -2.50. The molecule has 28 heavy (non-hydrogen) atoms. The molecule has 0 bridgehead atoms. The number of rotatable bonds is 5. The van der Waals surface area contributed by atoms with Crippen molar-refractivity contribution in [2.75, 3.05) is 37.7 Å². The number of amides is 1. The second kappa shape index (κ2) is 8.12. The largest absolute Gasteiger partial charge is 0.484 e. The number of piperazine rings is 1. The minimum absolute atomic E-state index is 0.0197. The van der Waals surface area contributed by atoms with Gasteiger partial charge in [-0.05, 0) is 36.4 Å². The molecule has 1 fully saturated rings. The fourth-order valence-corrected chi connectivity index (χ4v) is 3.20. The van der Waals surface area contributed by atoms with Crippen molar-refractivity contribution in [1.29, 1.82) is 0 Å². The van der Waals surface area contributed by atoms with E-state index in [1.165, 1.54) is 0 Å². The molecule has 1 aliphatic heterocycles. The lowest BCUT2D eigenvalue weighted by molar-refractivity contribution is -0.133. The standard InChI is InChI=1S/C21H22N4O3/c1-16-22-21(23-28-16)17-7-9-18(10-8-17)24-11-13-25(14-12-24)20(26)15-27-19-5-3-2-4-6-19/h2-10H,11-15H2,1H3. The summed E-state index contributed by atoms with van der Waals surface area (Å²) in [5.41, 5.74) is 2.05. The molecule has 4 rings (SSSR count). The number of hydrogen-bond donors (Lipinski definition) is 0. The molecule has 7 heteroatoms. The van der Waals surface area contributed by atoms with Crippen molar-refractivity contribution in [3.63, 3.8) is 0 Å². The number of hydrogen-bond acceptors (Lipinski definition) is 6. The first kappa shape index (κ1) is 18.0. The Bertz CT molecular complexity index is 916. The van der Waals surface area contributed by atoms with Crippen LogP contribution in [0.25, 0.3) is 11.4 Å². The third-order valence-electron chi connectivity index (χ3n) is 4.76. The summed E-state index contributed by atoms with van der Waals surface area (Å²) in [6.45, 7) is 4.79. The highest BCUT2D eigenvalue weighted by Gasteiger charge is 2.21. The van der Waals surface area contributed by atoms with Gasteiger partial charge in [0.25, 0.3) is 5.91 Å². The SMILES string of the molecule is Cc1nc(-c2ccc(N3CCN(C(=O)COc4ccccc4)CC3)cc2)no1. The number of ether oxygens (including phenoxy) is 1. The molecule has 0 spiro atoms. The molecule has 0 saturated carbocycles. The zero-order valence-corrected chi connectivity index (χ0v) is 15.7. The molecule has 1 saturated heterocycles. The molecule has 2 heterocycles. The van der Waals surface area contributed by atoms with E-state index in [2.05, 4.69) is 27.2 Å². The summed E-state index contributed by atoms with van der Waals surface area (Å²) in [4.78, 5) is 20.8. The topological polar surface area (TPSA) is 71.7 Å². The summed E-state index contributed by atoms with van der Waals surface area (Å²) < 4.78 is 10.6. The van der Waals surface area contributed by atoms with Crippen LogP contribution in [0.3, 0.4) is 0 Å². The molecule has 144 valence electrons. The molecule has 1 aromatic heterocycles. The molecular formula is C21H22N4O3. The van der Waals surface area contributed by atoms with E-state index in [1.807, 2.05) is 47.4 Å². The van der Waals surface area contributed by atoms with Gasteiger partial charge < -0.3 is 19.1 Å². The average molecular weight is 378 g/mol. The van der Waals surface area contributed by atoms with Crippen LogP contribution in [0.15, 0.2) is 59.1 Å². The van der Waals surface area contributed by atoms with E-state index < -0.39 is 0 Å². The van der Waals surface area contributed by atoms with E-state index in [-0.39, 0.29) is 12.5 Å². The highest BCUT2D eigenvalue weighted by Crippen LogP contribution is 2.22. The molecule has 3 aromatic rings. The summed E-state index contributed by atoms with van der Waals surface area (Å²) in [5.74, 6) is 1.88. The Hall–Kier alpha value is -3.35. The Kier molecular flexibility index (Phi) is 5.23. The fourth-order valence-electron chi connectivity index (χ4n) is 3.20. The van der Waals surface area contributed by atoms with Gasteiger partial charge in [0.15, 0.2) is 6.61 Å². The Morgan fingerprint density at radius 3 is 2.39 bits per heavy atom. The number of aromatic nitrogens is 2. The summed E-state index contributed by atoms with van der Waals surface area (Å²) in [7, 11) is 0. The normalized spacial score (nSPS) is 14.2. The van der Waals surface area contributed by atoms with Gasteiger partial charge in [-0.1, -0.05) is 23.4 Å². The van der Waals surface area contributed by atoms with Crippen molar-refractivity contribution >= 4 is 11.6 Å². The lowest BCUT2D eigenvalue weighted by Gasteiger charge is -2.36. The minimum Gasteiger partial charge on any atom is -0.484 e. The molecule has 0 radical (unpaired) electrons. The molecule has 7 nitrogen and oxygen atoms in total. The Labute approximate surface area is 163 Å². The van der Waals surface area contributed by atoms with Crippen molar-refractivity contribution in [3.8, 4) is 17.1 Å². The average Bonchev–Trinajstić information content (AvgIpc) is 3.19. The summed E-state index contributed by atoms with van der Waals surface area (Å²) >= 11 is 0. The number of carbonyl (C=O) groups is 1. The van der Waals surface area contributed by atoms with Gasteiger partial charge in [0.2, 0.25) is 11.7 Å². The second-order valence-corrected chi connectivity index (χ2v) is 6.65. The highest BCUT2D eigenvalue weighted by atomic mass is 16.5. The van der Waals surface area contributed by atoms with Crippen molar-refractivity contribution in [3.05, 3.63) is 60.5 Å². The van der Waals surface area contributed by atoms with E-state index in [0.717, 1.165) is 24.3 Å². The number of nitrogens with zero attached hydrogens (tertiary/aromatic N) is 4. The maximum atomic E-state index is 12.4. The second-order valence-electron chi connectivity index (χ2n) is 6.65. The van der Waals surface area contributed by atoms with Crippen LogP contribution in [-0.4, -0.2) is 53.7 Å². The zero-order chi connectivity index (χ0) is 19.3. The summed E-state index contributed by atoms with van der Waals surface area (Å²) in [5, 5.41) is 3.94. The van der Waals surface area contributed by atoms with Crippen molar-refractivity contribution in [2.24, 2.45) is 0 Å². The third kappa shape index (κ3) is 4.14. The molecule has 1 amide bonds. The quantitative estimate of drug-likeness (QED) is 0.680. The smallest absolute Gasteiger partial charge is 0.260 e. The predicted molar refractivity (Wildman–Crippen MR) is 105 cm³/mol. The molecule has 1 aliphatic rings. The van der Waals surface area contributed by atoms with Crippen LogP contribution < -0.4 is 9.64 Å². The van der Waals surface area contributed by atoms with Gasteiger partial charge in [-0.15, -0.1) is 0 Å². The molecular weight excluding hydrogens is 356 g/mol. The molecule has 2 aromatic carbocycles. The Balaban J connectivity index is 1.29. The highest BCUT2D eigenvalue weighted by molar-refractivity contribution is 5.78. The summed E-state index contributed by atoms with van der Waals surface area (Å²) in [6, 6.07) is 17.5. The zero-order valence-electron chi connectivity index (χ0n) is 15.7. The van der Waals surface area contributed by atoms with Crippen molar-refractivity contribution in [2.45, 2.75) is 6.92 Å². The van der Waals surface area contributed by atoms with Gasteiger partial charge in [-0.3, -0.25) is 4.79 Å². The summed E-state index contributed by atoms with van der Waals surface area (Å²) in [6.07, 6.45) is 0. The van der Waals surface area contributed by atoms with E-state index in [9.17, 15) is 4.79 Å². The van der Waals surface area contributed by atoms with Crippen LogP contribution >= 0.6 is 0 Å². The van der Waals surface area contributed by atoms with Gasteiger partial charge in [-0.25, -0.2) is 0 Å². The van der Waals surface area contributed by atoms with Crippen molar-refractivity contribution < 1.29 is 14.1 Å². The number of anilines is 1. The van der Waals surface area contributed by atoms with Gasteiger partial charge in [0, 0.05) is 44.4 Å². The van der Waals surface area contributed by atoms with Crippen LogP contribution in [0.1, 0.15) is 5.89 Å². The van der Waals surface area contributed by atoms with Crippen LogP contribution in [0.2, 0.25) is 0 Å². The van der Waals surface area contributed by atoms with Gasteiger partial charge >= 0.3 is 0 Å². The Morgan fingerprint density at radius 2 is 1.75 bits per heavy atom. The first-order valence-corrected chi connectivity index (χ1v) is 9.30. The monoisotopic (exact) mass is 378 g/mol. The van der Waals surface area contributed by atoms with Crippen LogP contribution in [0, 0.1) is 6.92 Å². The van der Waals surface area contributed by atoms with Gasteiger partial charge in [0.05, 0.1) is 0 Å². The predicted octanol–water partition coefficient (Wildman–Crippen LogP) is 2.77. The van der Waals surface area contributed by atoms with E-state index in [4.69, 9.17) is 9.26 Å². The van der Waals surface area contributed by atoms with Crippen LogP contribution in [0.5, 0.6) is 5.75 Å². The minimum atomic E-state index is 0.0197. The number of para-hydroxylation sites is 1. The molecule has 0 atom stereocenters. The van der Waals surface area contributed by atoms with Crippen LogP contribution in [0.4, 0.5) is 5.69 Å². The number of benzene rings is 2. The third-order valence-corrected chi connectivity index (χ3v) is 4.76. The molecule has 0 unspecified atom stereocenters. The maximum Gasteiger partial charge on any atom is 0.260 e. The molecule has 0 aliphatic carbocycles. The Morgan fingerprint density at radius 1 is 1.04 bits per heavy atom. The fraction of sp³-hybridized carbons (Fsp3) is 0.286. The van der Waals surface area contributed by atoms with Crippen molar-refractivity contribution in [1.82, 2.24) is 15.0 Å². The molecule has 0 N–H and O–H groups in total. The number of aryl methyl sites for hydroxylation is 1. The van der Waals surface area contributed by atoms with E-state index >= 15 is 0 Å². The first-order valence-electron chi connectivity index (χ1n) is 9.30. The lowest BCUT2D eigenvalue weighted by atomic mass is 10.1.